The second-order valence-electron chi connectivity index (χ2n) is 4.07. The van der Waals surface area contributed by atoms with Crippen LogP contribution in [0, 0.1) is 0 Å². The largest absolute Gasteiger partial charge is 0.462 e. The first-order valence-electron chi connectivity index (χ1n) is 5.69. The van der Waals surface area contributed by atoms with E-state index >= 15 is 0 Å². The number of halogens is 4. The zero-order chi connectivity index (χ0) is 14.8. The Morgan fingerprint density at radius 3 is 2.45 bits per heavy atom. The predicted octanol–water partition coefficient (Wildman–Crippen LogP) is 4.17. The molecule has 0 bridgehead atoms. The van der Waals surface area contributed by atoms with Crippen molar-refractivity contribution in [2.24, 2.45) is 0 Å². The molecule has 108 valence electrons. The Morgan fingerprint density at radius 1 is 1.15 bits per heavy atom. The molecular weight excluding hydrogens is 339 g/mol. The van der Waals surface area contributed by atoms with Crippen molar-refractivity contribution >= 4 is 21.6 Å². The smallest absolute Gasteiger partial charge is 0.418 e. The van der Waals surface area contributed by atoms with E-state index < -0.39 is 11.7 Å². The van der Waals surface area contributed by atoms with Gasteiger partial charge in [0, 0.05) is 10.2 Å². The number of rotatable bonds is 4. The van der Waals surface area contributed by atoms with Gasteiger partial charge in [-0.3, -0.25) is 0 Å². The number of hydrogen-bond donors (Lipinski definition) is 2. The average molecular weight is 350 g/mol. The maximum absolute atomic E-state index is 12.9. The van der Waals surface area contributed by atoms with Gasteiger partial charge in [0.05, 0.1) is 12.1 Å². The maximum atomic E-state index is 12.9. The van der Waals surface area contributed by atoms with Crippen LogP contribution in [-0.2, 0) is 19.3 Å². The molecule has 1 aromatic heterocycles. The molecule has 2 rings (SSSR count). The molecule has 1 aromatic carbocycles. The van der Waals surface area contributed by atoms with E-state index in [1.54, 1.807) is 12.1 Å². The zero-order valence-corrected chi connectivity index (χ0v) is 11.8. The molecule has 20 heavy (non-hydrogen) atoms. The third kappa shape index (κ3) is 3.55. The molecule has 1 heterocycles. The molecule has 0 saturated carbocycles. The molecule has 0 unspecified atom stereocenters. The molecule has 0 amide bonds. The number of aliphatic hydroxyl groups is 1. The fourth-order valence-corrected chi connectivity index (χ4v) is 2.05. The molecule has 0 saturated heterocycles. The quantitative estimate of drug-likeness (QED) is 0.870. The number of alkyl halides is 3. The van der Waals surface area contributed by atoms with Gasteiger partial charge in [0.25, 0.3) is 0 Å². The highest BCUT2D eigenvalue weighted by Gasteiger charge is 2.33. The highest BCUT2D eigenvalue weighted by molar-refractivity contribution is 9.10. The summed E-state index contributed by atoms with van der Waals surface area (Å²) in [6.45, 7) is -0.142. The molecule has 3 nitrogen and oxygen atoms in total. The summed E-state index contributed by atoms with van der Waals surface area (Å²) in [6, 6.07) is 7.07. The summed E-state index contributed by atoms with van der Waals surface area (Å²) in [6.07, 6.45) is -4.44. The lowest BCUT2D eigenvalue weighted by molar-refractivity contribution is -0.137. The van der Waals surface area contributed by atoms with Gasteiger partial charge in [-0.1, -0.05) is 15.9 Å². The SMILES string of the molecule is OCc1ccc(CNc2ccc(Br)cc2C(F)(F)F)o1. The highest BCUT2D eigenvalue weighted by Crippen LogP contribution is 2.36. The maximum Gasteiger partial charge on any atom is 0.418 e. The predicted molar refractivity (Wildman–Crippen MR) is 71.1 cm³/mol. The van der Waals surface area contributed by atoms with E-state index in [1.807, 2.05) is 0 Å². The third-order valence-corrected chi connectivity index (χ3v) is 3.11. The van der Waals surface area contributed by atoms with Gasteiger partial charge < -0.3 is 14.8 Å². The first-order chi connectivity index (χ1) is 9.40. The number of furan rings is 1. The topological polar surface area (TPSA) is 45.4 Å². The van der Waals surface area contributed by atoms with Crippen LogP contribution in [0.2, 0.25) is 0 Å². The Bertz CT molecular complexity index is 596. The Labute approximate surface area is 121 Å². The van der Waals surface area contributed by atoms with E-state index in [4.69, 9.17) is 9.52 Å². The Hall–Kier alpha value is -1.47. The van der Waals surface area contributed by atoms with Crippen LogP contribution < -0.4 is 5.32 Å². The summed E-state index contributed by atoms with van der Waals surface area (Å²) < 4.78 is 44.2. The van der Waals surface area contributed by atoms with E-state index in [-0.39, 0.29) is 18.8 Å². The van der Waals surface area contributed by atoms with E-state index in [1.165, 1.54) is 12.1 Å². The van der Waals surface area contributed by atoms with E-state index in [9.17, 15) is 13.2 Å². The Kier molecular flexibility index (Phi) is 4.39. The summed E-state index contributed by atoms with van der Waals surface area (Å²) in [5.41, 5.74) is -0.775. The zero-order valence-electron chi connectivity index (χ0n) is 10.2. The van der Waals surface area contributed by atoms with Crippen molar-refractivity contribution in [3.8, 4) is 0 Å². The number of nitrogens with one attached hydrogen (secondary N) is 1. The van der Waals surface area contributed by atoms with Crippen LogP contribution in [0.15, 0.2) is 39.2 Å². The van der Waals surface area contributed by atoms with Crippen LogP contribution in [-0.4, -0.2) is 5.11 Å². The summed E-state index contributed by atoms with van der Waals surface area (Å²) in [7, 11) is 0. The van der Waals surface area contributed by atoms with Gasteiger partial charge in [0.15, 0.2) is 0 Å². The monoisotopic (exact) mass is 349 g/mol. The second kappa shape index (κ2) is 5.88. The van der Waals surface area contributed by atoms with Gasteiger partial charge in [-0.2, -0.15) is 13.2 Å². The third-order valence-electron chi connectivity index (χ3n) is 2.61. The van der Waals surface area contributed by atoms with E-state index in [2.05, 4.69) is 21.2 Å². The summed E-state index contributed by atoms with van der Waals surface area (Å²) in [5, 5.41) is 11.5. The molecule has 2 aromatic rings. The number of aliphatic hydroxyl groups excluding tert-OH is 1. The van der Waals surface area contributed by atoms with Crippen molar-refractivity contribution in [3.63, 3.8) is 0 Å². The lowest BCUT2D eigenvalue weighted by Gasteiger charge is -2.14. The second-order valence-corrected chi connectivity index (χ2v) is 4.98. The molecule has 2 N–H and O–H groups in total. The van der Waals surface area contributed by atoms with E-state index in [0.717, 1.165) is 6.07 Å². The summed E-state index contributed by atoms with van der Waals surface area (Å²) in [5.74, 6) is 0.818. The molecule has 0 fully saturated rings. The van der Waals surface area contributed by atoms with Crippen molar-refractivity contribution in [1.29, 1.82) is 0 Å². The van der Waals surface area contributed by atoms with Gasteiger partial charge >= 0.3 is 6.18 Å². The van der Waals surface area contributed by atoms with Crippen LogP contribution in [0.3, 0.4) is 0 Å². The van der Waals surface area contributed by atoms with Gasteiger partial charge in [-0.05, 0) is 30.3 Å². The van der Waals surface area contributed by atoms with Gasteiger partial charge in [0.1, 0.15) is 18.1 Å². The fourth-order valence-electron chi connectivity index (χ4n) is 1.69. The summed E-state index contributed by atoms with van der Waals surface area (Å²) in [4.78, 5) is 0. The molecule has 0 atom stereocenters. The molecule has 0 aliphatic heterocycles. The van der Waals surface area contributed by atoms with Crippen molar-refractivity contribution in [1.82, 2.24) is 0 Å². The van der Waals surface area contributed by atoms with Crippen LogP contribution in [0.5, 0.6) is 0 Å². The normalized spacial score (nSPS) is 11.7. The lowest BCUT2D eigenvalue weighted by atomic mass is 10.1. The fraction of sp³-hybridized carbons (Fsp3) is 0.231. The molecule has 0 aliphatic rings. The number of anilines is 1. The number of hydrogen-bond acceptors (Lipinski definition) is 3. The molecule has 7 heteroatoms. The minimum atomic E-state index is -4.44. The molecular formula is C13H11BrF3NO2. The minimum Gasteiger partial charge on any atom is -0.462 e. The number of benzene rings is 1. The van der Waals surface area contributed by atoms with Crippen LogP contribution >= 0.6 is 15.9 Å². The van der Waals surface area contributed by atoms with E-state index in [0.29, 0.717) is 16.0 Å². The van der Waals surface area contributed by atoms with Crippen molar-refractivity contribution in [2.75, 3.05) is 5.32 Å². The minimum absolute atomic E-state index is 0.0253. The van der Waals surface area contributed by atoms with Crippen molar-refractivity contribution < 1.29 is 22.7 Å². The summed E-state index contributed by atoms with van der Waals surface area (Å²) >= 11 is 3.02. The van der Waals surface area contributed by atoms with Crippen molar-refractivity contribution in [2.45, 2.75) is 19.3 Å². The van der Waals surface area contributed by atoms with Gasteiger partial charge in [0.2, 0.25) is 0 Å². The van der Waals surface area contributed by atoms with Crippen LogP contribution in [0.1, 0.15) is 17.1 Å². The first-order valence-corrected chi connectivity index (χ1v) is 6.48. The van der Waals surface area contributed by atoms with Crippen LogP contribution in [0.25, 0.3) is 0 Å². The standard InChI is InChI=1S/C13H11BrF3NO2/c14-8-1-4-12(11(5-8)13(15,16)17)18-6-9-2-3-10(7-19)20-9/h1-5,18-19H,6-7H2. The Morgan fingerprint density at radius 2 is 1.85 bits per heavy atom. The van der Waals surface area contributed by atoms with Crippen LogP contribution in [0.4, 0.5) is 18.9 Å². The molecule has 0 radical (unpaired) electrons. The Balaban J connectivity index is 2.17. The van der Waals surface area contributed by atoms with Gasteiger partial charge in [-0.15, -0.1) is 0 Å². The average Bonchev–Trinajstić information content (AvgIpc) is 2.84. The van der Waals surface area contributed by atoms with Gasteiger partial charge in [-0.25, -0.2) is 0 Å². The lowest BCUT2D eigenvalue weighted by Crippen LogP contribution is -2.10. The highest BCUT2D eigenvalue weighted by atomic mass is 79.9. The first kappa shape index (κ1) is 14.9. The van der Waals surface area contributed by atoms with Crippen molar-refractivity contribution in [3.05, 3.63) is 51.9 Å². The molecule has 0 spiro atoms. The molecule has 0 aliphatic carbocycles.